The van der Waals surface area contributed by atoms with Crippen molar-refractivity contribution < 1.29 is 14.3 Å². The minimum absolute atomic E-state index is 0.117. The van der Waals surface area contributed by atoms with Gasteiger partial charge in [-0.1, -0.05) is 41.7 Å². The molecular formula is C18H18N2O3S3. The van der Waals surface area contributed by atoms with Crippen molar-refractivity contribution >= 4 is 61.8 Å². The number of rotatable bonds is 5. The number of fused-ring (bicyclic) bond motifs is 1. The molecule has 3 rings (SSSR count). The van der Waals surface area contributed by atoms with Crippen LogP contribution in [0.4, 0.5) is 10.7 Å². The Morgan fingerprint density at radius 3 is 2.96 bits per heavy atom. The van der Waals surface area contributed by atoms with Gasteiger partial charge in [-0.3, -0.25) is 4.79 Å². The van der Waals surface area contributed by atoms with Crippen molar-refractivity contribution in [3.05, 3.63) is 46.3 Å². The van der Waals surface area contributed by atoms with Gasteiger partial charge in [0.2, 0.25) is 5.91 Å². The highest BCUT2D eigenvalue weighted by molar-refractivity contribution is 8.38. The molecule has 0 unspecified atom stereocenters. The van der Waals surface area contributed by atoms with E-state index >= 15 is 0 Å². The normalized spacial score (nSPS) is 12.9. The number of esters is 1. The number of nitrogens with one attached hydrogen (secondary N) is 1. The molecule has 136 valence electrons. The molecule has 1 aliphatic rings. The van der Waals surface area contributed by atoms with E-state index in [1.807, 2.05) is 25.1 Å². The summed E-state index contributed by atoms with van der Waals surface area (Å²) in [7, 11) is 0. The minimum atomic E-state index is -0.350. The molecule has 0 aliphatic carbocycles. The van der Waals surface area contributed by atoms with Crippen molar-refractivity contribution in [3.63, 3.8) is 0 Å². The highest BCUT2D eigenvalue weighted by Gasteiger charge is 2.17. The number of thiophene rings is 1. The second-order valence-electron chi connectivity index (χ2n) is 5.48. The van der Waals surface area contributed by atoms with Crippen molar-refractivity contribution in [1.29, 1.82) is 0 Å². The van der Waals surface area contributed by atoms with Gasteiger partial charge in [0.1, 0.15) is 9.25 Å². The zero-order chi connectivity index (χ0) is 18.5. The van der Waals surface area contributed by atoms with Gasteiger partial charge in [0.15, 0.2) is 0 Å². The summed E-state index contributed by atoms with van der Waals surface area (Å²) in [4.78, 5) is 29.2. The third-order valence-corrected chi connectivity index (χ3v) is 6.90. The maximum Gasteiger partial charge on any atom is 0.348 e. The van der Waals surface area contributed by atoms with Gasteiger partial charge >= 0.3 is 5.97 Å². The van der Waals surface area contributed by atoms with Crippen LogP contribution in [0, 0.1) is 6.92 Å². The molecule has 2 aromatic rings. The third kappa shape index (κ3) is 4.69. The molecule has 0 saturated heterocycles. The van der Waals surface area contributed by atoms with E-state index in [9.17, 15) is 9.59 Å². The lowest BCUT2D eigenvalue weighted by Crippen LogP contribution is -2.14. The van der Waals surface area contributed by atoms with Crippen molar-refractivity contribution in [2.75, 3.05) is 17.7 Å². The Labute approximate surface area is 164 Å². The summed E-state index contributed by atoms with van der Waals surface area (Å²) in [6, 6.07) is 9.82. The van der Waals surface area contributed by atoms with E-state index in [-0.39, 0.29) is 17.6 Å². The molecule has 0 spiro atoms. The molecule has 0 radical (unpaired) electrons. The standard InChI is InChI=1S/C18H18N2O3S3/c1-3-23-17(22)16-11(2)8-15(26-16)20-14(21)10-25-18-19-13-7-5-4-6-12(13)9-24-18/h4-8H,3,9-10H2,1-2H3,(H,20,21). The van der Waals surface area contributed by atoms with Crippen molar-refractivity contribution in [3.8, 4) is 0 Å². The number of anilines is 1. The number of thioether (sulfide) groups is 2. The fourth-order valence-electron chi connectivity index (χ4n) is 2.33. The highest BCUT2D eigenvalue weighted by Crippen LogP contribution is 2.34. The van der Waals surface area contributed by atoms with E-state index in [4.69, 9.17) is 4.74 Å². The first kappa shape index (κ1) is 19.0. The SMILES string of the molecule is CCOC(=O)c1sc(NC(=O)CSC2=Nc3ccccc3CS2)cc1C. The quantitative estimate of drug-likeness (QED) is 0.720. The van der Waals surface area contributed by atoms with Gasteiger partial charge in [0.05, 0.1) is 23.0 Å². The summed E-state index contributed by atoms with van der Waals surface area (Å²) in [5.74, 6) is 0.682. The van der Waals surface area contributed by atoms with Gasteiger partial charge in [-0.2, -0.15) is 0 Å². The summed E-state index contributed by atoms with van der Waals surface area (Å²) in [5.41, 5.74) is 2.99. The van der Waals surface area contributed by atoms with E-state index < -0.39 is 0 Å². The number of aliphatic imine (C=N–C) groups is 1. The molecule has 26 heavy (non-hydrogen) atoms. The molecule has 1 amide bonds. The van der Waals surface area contributed by atoms with Crippen LogP contribution in [0.3, 0.4) is 0 Å². The van der Waals surface area contributed by atoms with Gasteiger partial charge in [-0.05, 0) is 37.1 Å². The van der Waals surface area contributed by atoms with Crippen LogP contribution in [0.15, 0.2) is 35.3 Å². The lowest BCUT2D eigenvalue weighted by molar-refractivity contribution is -0.113. The summed E-state index contributed by atoms with van der Waals surface area (Å²) in [6.07, 6.45) is 0. The molecule has 1 aromatic heterocycles. The Kier molecular flexibility index (Phi) is 6.39. The predicted octanol–water partition coefficient (Wildman–Crippen LogP) is 4.84. The van der Waals surface area contributed by atoms with Gasteiger partial charge in [0, 0.05) is 5.75 Å². The van der Waals surface area contributed by atoms with Crippen molar-refractivity contribution in [1.82, 2.24) is 0 Å². The fraction of sp³-hybridized carbons (Fsp3) is 0.278. The number of amides is 1. The Morgan fingerprint density at radius 1 is 1.35 bits per heavy atom. The number of nitrogens with zero attached hydrogens (tertiary/aromatic N) is 1. The zero-order valence-electron chi connectivity index (χ0n) is 14.4. The van der Waals surface area contributed by atoms with E-state index in [1.54, 1.807) is 24.8 Å². The first-order chi connectivity index (χ1) is 12.6. The minimum Gasteiger partial charge on any atom is -0.462 e. The average molecular weight is 407 g/mol. The monoisotopic (exact) mass is 406 g/mol. The number of carbonyl (C=O) groups excluding carboxylic acids is 2. The lowest BCUT2D eigenvalue weighted by atomic mass is 10.2. The molecule has 2 heterocycles. The van der Waals surface area contributed by atoms with Crippen LogP contribution in [0.2, 0.25) is 0 Å². The molecular weight excluding hydrogens is 388 g/mol. The number of hydrogen-bond acceptors (Lipinski definition) is 7. The van der Waals surface area contributed by atoms with E-state index in [0.717, 1.165) is 21.4 Å². The second kappa shape index (κ2) is 8.75. The van der Waals surface area contributed by atoms with Gasteiger partial charge < -0.3 is 10.1 Å². The van der Waals surface area contributed by atoms with Crippen LogP contribution in [-0.2, 0) is 15.3 Å². The Hall–Kier alpha value is -1.77. The van der Waals surface area contributed by atoms with Gasteiger partial charge in [0.25, 0.3) is 0 Å². The molecule has 8 heteroatoms. The molecule has 1 aliphatic heterocycles. The third-order valence-electron chi connectivity index (χ3n) is 3.52. The van der Waals surface area contributed by atoms with Crippen molar-refractivity contribution in [2.45, 2.75) is 19.6 Å². The molecule has 5 nitrogen and oxygen atoms in total. The van der Waals surface area contributed by atoms with E-state index in [1.165, 1.54) is 28.7 Å². The second-order valence-corrected chi connectivity index (χ2v) is 8.71. The predicted molar refractivity (Wildman–Crippen MR) is 111 cm³/mol. The van der Waals surface area contributed by atoms with E-state index in [2.05, 4.69) is 16.4 Å². The Bertz CT molecular complexity index is 861. The first-order valence-electron chi connectivity index (χ1n) is 8.06. The zero-order valence-corrected chi connectivity index (χ0v) is 16.9. The number of benzene rings is 1. The molecule has 0 fully saturated rings. The Balaban J connectivity index is 1.56. The molecule has 1 N–H and O–H groups in total. The summed E-state index contributed by atoms with van der Waals surface area (Å²) >= 11 is 4.31. The van der Waals surface area contributed by atoms with Crippen LogP contribution >= 0.6 is 34.9 Å². The maximum absolute atomic E-state index is 12.2. The fourth-order valence-corrected chi connectivity index (χ4v) is 5.17. The number of carbonyl (C=O) groups is 2. The largest absolute Gasteiger partial charge is 0.462 e. The molecule has 0 saturated carbocycles. The van der Waals surface area contributed by atoms with Gasteiger partial charge in [-0.15, -0.1) is 11.3 Å². The van der Waals surface area contributed by atoms with Crippen molar-refractivity contribution in [2.24, 2.45) is 4.99 Å². The Morgan fingerprint density at radius 2 is 2.15 bits per heavy atom. The van der Waals surface area contributed by atoms with Crippen LogP contribution < -0.4 is 5.32 Å². The van der Waals surface area contributed by atoms with Crippen LogP contribution in [0.1, 0.15) is 27.7 Å². The number of ether oxygens (including phenoxy) is 1. The number of aryl methyl sites for hydroxylation is 1. The number of hydrogen-bond donors (Lipinski definition) is 1. The van der Waals surface area contributed by atoms with Crippen LogP contribution in [0.25, 0.3) is 0 Å². The first-order valence-corrected chi connectivity index (χ1v) is 10.8. The molecule has 1 aromatic carbocycles. The maximum atomic E-state index is 12.2. The summed E-state index contributed by atoms with van der Waals surface area (Å²) in [6.45, 7) is 3.93. The molecule has 0 atom stereocenters. The smallest absolute Gasteiger partial charge is 0.348 e. The van der Waals surface area contributed by atoms with Gasteiger partial charge in [-0.25, -0.2) is 9.79 Å². The number of para-hydroxylation sites is 1. The van der Waals surface area contributed by atoms with Crippen LogP contribution in [-0.4, -0.2) is 28.6 Å². The molecule has 0 bridgehead atoms. The average Bonchev–Trinajstić information content (AvgIpc) is 3.00. The summed E-state index contributed by atoms with van der Waals surface area (Å²) < 4.78 is 5.92. The van der Waals surface area contributed by atoms with E-state index in [0.29, 0.717) is 16.5 Å². The highest BCUT2D eigenvalue weighted by atomic mass is 32.2. The van der Waals surface area contributed by atoms with Crippen LogP contribution in [0.5, 0.6) is 0 Å². The summed E-state index contributed by atoms with van der Waals surface area (Å²) in [5, 5.41) is 3.50. The topological polar surface area (TPSA) is 67.8 Å². The lowest BCUT2D eigenvalue weighted by Gasteiger charge is -2.13.